The number of hydrogen-bond acceptors (Lipinski definition) is 5. The van der Waals surface area contributed by atoms with Crippen LogP contribution in [0.15, 0.2) is 36.4 Å². The van der Waals surface area contributed by atoms with E-state index in [4.69, 9.17) is 0 Å². The van der Waals surface area contributed by atoms with Crippen molar-refractivity contribution in [1.29, 1.82) is 0 Å². The lowest BCUT2D eigenvalue weighted by Gasteiger charge is -2.33. The van der Waals surface area contributed by atoms with Gasteiger partial charge in [0.2, 0.25) is 0 Å². The highest BCUT2D eigenvalue weighted by Crippen LogP contribution is 2.30. The van der Waals surface area contributed by atoms with Gasteiger partial charge in [-0.2, -0.15) is 0 Å². The standard InChI is InChI=1S/C18H17FN4O2S/c1-11-20-21-17-10-22(15(18(24)25)9-23(11)17)8-14-6-7-16(26-14)12-2-4-13(19)5-3-12/h2-7,15H,8-10H2,1H3,(H,24,25). The molecule has 26 heavy (non-hydrogen) atoms. The van der Waals surface area contributed by atoms with Gasteiger partial charge in [-0.05, 0) is 36.8 Å². The van der Waals surface area contributed by atoms with Crippen LogP contribution in [0, 0.1) is 12.7 Å². The molecule has 0 aliphatic carbocycles. The Balaban J connectivity index is 1.56. The molecule has 1 unspecified atom stereocenters. The van der Waals surface area contributed by atoms with Crippen molar-refractivity contribution in [2.75, 3.05) is 0 Å². The third-order valence-electron chi connectivity index (χ3n) is 4.59. The van der Waals surface area contributed by atoms with Crippen LogP contribution in [0.2, 0.25) is 0 Å². The fourth-order valence-corrected chi connectivity index (χ4v) is 4.23. The largest absolute Gasteiger partial charge is 0.480 e. The molecule has 1 N–H and O–H groups in total. The van der Waals surface area contributed by atoms with Crippen LogP contribution in [-0.4, -0.2) is 36.8 Å². The highest BCUT2D eigenvalue weighted by molar-refractivity contribution is 7.15. The van der Waals surface area contributed by atoms with Crippen LogP contribution < -0.4 is 0 Å². The van der Waals surface area contributed by atoms with Gasteiger partial charge in [-0.3, -0.25) is 9.69 Å². The van der Waals surface area contributed by atoms with Crippen LogP contribution in [0.5, 0.6) is 0 Å². The van der Waals surface area contributed by atoms with Crippen LogP contribution in [0.3, 0.4) is 0 Å². The molecule has 134 valence electrons. The minimum absolute atomic E-state index is 0.262. The molecule has 1 aromatic carbocycles. The zero-order valence-corrected chi connectivity index (χ0v) is 14.9. The fourth-order valence-electron chi connectivity index (χ4n) is 3.19. The first-order valence-corrected chi connectivity index (χ1v) is 9.03. The van der Waals surface area contributed by atoms with Gasteiger partial charge in [0.1, 0.15) is 23.5 Å². The molecule has 4 rings (SSSR count). The second-order valence-corrected chi connectivity index (χ2v) is 7.47. The van der Waals surface area contributed by atoms with Gasteiger partial charge in [-0.1, -0.05) is 12.1 Å². The van der Waals surface area contributed by atoms with E-state index in [0.29, 0.717) is 19.6 Å². The van der Waals surface area contributed by atoms with Gasteiger partial charge < -0.3 is 9.67 Å². The number of nitrogens with zero attached hydrogens (tertiary/aromatic N) is 4. The molecule has 0 saturated heterocycles. The lowest BCUT2D eigenvalue weighted by molar-refractivity contribution is -0.145. The van der Waals surface area contributed by atoms with Gasteiger partial charge in [0.05, 0.1) is 13.1 Å². The van der Waals surface area contributed by atoms with E-state index < -0.39 is 12.0 Å². The molecular formula is C18H17FN4O2S. The molecule has 0 saturated carbocycles. The molecule has 1 aliphatic heterocycles. The number of fused-ring (bicyclic) bond motifs is 1. The molecular weight excluding hydrogens is 355 g/mol. The maximum Gasteiger partial charge on any atom is 0.322 e. The fraction of sp³-hybridized carbons (Fsp3) is 0.278. The summed E-state index contributed by atoms with van der Waals surface area (Å²) in [6.07, 6.45) is 0. The second-order valence-electron chi connectivity index (χ2n) is 6.31. The molecule has 0 spiro atoms. The van der Waals surface area contributed by atoms with Gasteiger partial charge in [0.25, 0.3) is 0 Å². The monoisotopic (exact) mass is 372 g/mol. The van der Waals surface area contributed by atoms with Crippen molar-refractivity contribution in [1.82, 2.24) is 19.7 Å². The van der Waals surface area contributed by atoms with Crippen LogP contribution in [-0.2, 0) is 24.4 Å². The number of aliphatic carboxylic acids is 1. The first-order chi connectivity index (χ1) is 12.5. The van der Waals surface area contributed by atoms with Crippen LogP contribution in [0.1, 0.15) is 16.5 Å². The van der Waals surface area contributed by atoms with E-state index >= 15 is 0 Å². The van der Waals surface area contributed by atoms with Crippen LogP contribution in [0.4, 0.5) is 4.39 Å². The van der Waals surface area contributed by atoms with E-state index in [2.05, 4.69) is 10.2 Å². The average Bonchev–Trinajstić information content (AvgIpc) is 3.22. The van der Waals surface area contributed by atoms with Crippen molar-refractivity contribution >= 4 is 17.3 Å². The maximum absolute atomic E-state index is 13.1. The highest BCUT2D eigenvalue weighted by Gasteiger charge is 2.33. The number of halogens is 1. The SMILES string of the molecule is Cc1nnc2n1CC(C(=O)O)N(Cc1ccc(-c3ccc(F)cc3)s1)C2. The number of aryl methyl sites for hydroxylation is 1. The van der Waals surface area contributed by atoms with Gasteiger partial charge in [0.15, 0.2) is 0 Å². The number of carboxylic acids is 1. The zero-order chi connectivity index (χ0) is 18.3. The van der Waals surface area contributed by atoms with Gasteiger partial charge in [-0.15, -0.1) is 21.5 Å². The Hall–Kier alpha value is -2.58. The number of thiophene rings is 1. The van der Waals surface area contributed by atoms with Gasteiger partial charge >= 0.3 is 5.97 Å². The summed E-state index contributed by atoms with van der Waals surface area (Å²) in [5.41, 5.74) is 0.950. The van der Waals surface area contributed by atoms with Crippen molar-refractivity contribution in [3.63, 3.8) is 0 Å². The van der Waals surface area contributed by atoms with E-state index in [1.165, 1.54) is 12.1 Å². The Kier molecular flexibility index (Phi) is 4.29. The molecule has 1 atom stereocenters. The first-order valence-electron chi connectivity index (χ1n) is 8.21. The molecule has 8 heteroatoms. The van der Waals surface area contributed by atoms with Gasteiger partial charge in [0, 0.05) is 16.3 Å². The van der Waals surface area contributed by atoms with Crippen molar-refractivity contribution in [2.24, 2.45) is 0 Å². The third-order valence-corrected chi connectivity index (χ3v) is 5.71. The number of carbonyl (C=O) groups is 1. The summed E-state index contributed by atoms with van der Waals surface area (Å²) in [7, 11) is 0. The van der Waals surface area contributed by atoms with Crippen molar-refractivity contribution in [3.8, 4) is 10.4 Å². The normalized spacial score (nSPS) is 17.2. The van der Waals surface area contributed by atoms with E-state index in [1.54, 1.807) is 23.5 Å². The summed E-state index contributed by atoms with van der Waals surface area (Å²) in [5, 5.41) is 17.8. The topological polar surface area (TPSA) is 71.2 Å². The second kappa shape index (κ2) is 6.62. The number of hydrogen-bond donors (Lipinski definition) is 1. The summed E-state index contributed by atoms with van der Waals surface area (Å²) in [6.45, 7) is 3.15. The molecule has 1 aliphatic rings. The Morgan fingerprint density at radius 3 is 2.77 bits per heavy atom. The maximum atomic E-state index is 13.1. The van der Waals surface area contributed by atoms with E-state index in [-0.39, 0.29) is 5.82 Å². The molecule has 6 nitrogen and oxygen atoms in total. The Morgan fingerprint density at radius 1 is 1.27 bits per heavy atom. The summed E-state index contributed by atoms with van der Waals surface area (Å²) in [4.78, 5) is 15.7. The van der Waals surface area contributed by atoms with Crippen molar-refractivity contribution in [2.45, 2.75) is 32.6 Å². The number of rotatable bonds is 4. The molecule has 2 aromatic heterocycles. The van der Waals surface area contributed by atoms with Crippen LogP contribution in [0.25, 0.3) is 10.4 Å². The molecule has 0 radical (unpaired) electrons. The molecule has 0 bridgehead atoms. The molecule has 3 aromatic rings. The molecule has 0 fully saturated rings. The predicted molar refractivity (Wildman–Crippen MR) is 95.1 cm³/mol. The molecule has 3 heterocycles. The smallest absolute Gasteiger partial charge is 0.322 e. The number of benzene rings is 1. The third kappa shape index (κ3) is 3.13. The van der Waals surface area contributed by atoms with E-state index in [0.717, 1.165) is 27.0 Å². The first kappa shape index (κ1) is 16.9. The van der Waals surface area contributed by atoms with E-state index in [1.807, 2.05) is 28.5 Å². The number of aromatic nitrogens is 3. The Bertz CT molecular complexity index is 951. The molecule has 0 amide bonds. The minimum Gasteiger partial charge on any atom is -0.480 e. The Labute approximate surface area is 153 Å². The van der Waals surface area contributed by atoms with Crippen molar-refractivity contribution < 1.29 is 14.3 Å². The minimum atomic E-state index is -0.848. The number of carboxylic acid groups (broad SMARTS) is 1. The summed E-state index contributed by atoms with van der Waals surface area (Å²) in [5.74, 6) is 0.414. The summed E-state index contributed by atoms with van der Waals surface area (Å²) < 4.78 is 15.0. The van der Waals surface area contributed by atoms with Crippen molar-refractivity contribution in [3.05, 3.63) is 58.7 Å². The Morgan fingerprint density at radius 2 is 2.04 bits per heavy atom. The lowest BCUT2D eigenvalue weighted by atomic mass is 10.1. The lowest BCUT2D eigenvalue weighted by Crippen LogP contribution is -2.47. The van der Waals surface area contributed by atoms with E-state index in [9.17, 15) is 14.3 Å². The quantitative estimate of drug-likeness (QED) is 0.762. The highest BCUT2D eigenvalue weighted by atomic mass is 32.1. The van der Waals surface area contributed by atoms with Gasteiger partial charge in [-0.25, -0.2) is 4.39 Å². The van der Waals surface area contributed by atoms with Crippen LogP contribution >= 0.6 is 11.3 Å². The predicted octanol–water partition coefficient (Wildman–Crippen LogP) is 2.92. The average molecular weight is 372 g/mol. The zero-order valence-electron chi connectivity index (χ0n) is 14.1. The summed E-state index contributed by atoms with van der Waals surface area (Å²) >= 11 is 1.59. The summed E-state index contributed by atoms with van der Waals surface area (Å²) in [6, 6.07) is 9.73.